The maximum Gasteiger partial charge on any atom is -0.00902 e. The molecule has 1 aromatic rings. The monoisotopic (exact) mass is 158 g/mol. The van der Waals surface area contributed by atoms with Crippen LogP contribution in [-0.4, -0.2) is 0 Å². The van der Waals surface area contributed by atoms with Crippen molar-refractivity contribution in [2.75, 3.05) is 0 Å². The largest absolute Gasteiger partial charge is 0.0850 e. The van der Waals surface area contributed by atoms with Gasteiger partial charge < -0.3 is 0 Å². The first kappa shape index (κ1) is 7.60. The Balaban J connectivity index is 2.14. The van der Waals surface area contributed by atoms with Crippen LogP contribution in [0.5, 0.6) is 0 Å². The normalized spacial score (nSPS) is 22.4. The van der Waals surface area contributed by atoms with E-state index in [1.165, 1.54) is 18.4 Å². The molecule has 1 aliphatic carbocycles. The van der Waals surface area contributed by atoms with Crippen molar-refractivity contribution in [2.24, 2.45) is 0 Å². The van der Waals surface area contributed by atoms with E-state index in [0.717, 1.165) is 5.92 Å². The van der Waals surface area contributed by atoms with Gasteiger partial charge in [-0.2, -0.15) is 0 Å². The Morgan fingerprint density at radius 1 is 1.17 bits per heavy atom. The van der Waals surface area contributed by atoms with Crippen molar-refractivity contribution in [1.29, 1.82) is 0 Å². The van der Waals surface area contributed by atoms with E-state index in [2.05, 4.69) is 43.3 Å². The van der Waals surface area contributed by atoms with Gasteiger partial charge in [-0.1, -0.05) is 42.0 Å². The topological polar surface area (TPSA) is 0 Å². The molecule has 0 saturated carbocycles. The fourth-order valence-corrected chi connectivity index (χ4v) is 1.88. The minimum absolute atomic E-state index is 0.756. The number of hydrogen-bond donors (Lipinski definition) is 0. The highest BCUT2D eigenvalue weighted by Gasteiger charge is 2.15. The molecule has 1 aromatic carbocycles. The van der Waals surface area contributed by atoms with Gasteiger partial charge in [0, 0.05) is 0 Å². The lowest BCUT2D eigenvalue weighted by Gasteiger charge is -2.08. The summed E-state index contributed by atoms with van der Waals surface area (Å²) >= 11 is 0. The second-order valence-electron chi connectivity index (χ2n) is 3.60. The van der Waals surface area contributed by atoms with Crippen LogP contribution in [0.4, 0.5) is 0 Å². The minimum Gasteiger partial charge on any atom is -0.0850 e. The molecule has 0 nitrogen and oxygen atoms in total. The van der Waals surface area contributed by atoms with Crippen LogP contribution in [0.3, 0.4) is 0 Å². The van der Waals surface area contributed by atoms with Crippen molar-refractivity contribution in [3.63, 3.8) is 0 Å². The molecular formula is C12H14. The quantitative estimate of drug-likeness (QED) is 0.549. The average Bonchev–Trinajstić information content (AvgIpc) is 2.54. The Morgan fingerprint density at radius 2 is 1.92 bits per heavy atom. The molecule has 0 amide bonds. The molecule has 0 fully saturated rings. The number of hydrogen-bond acceptors (Lipinski definition) is 0. The van der Waals surface area contributed by atoms with E-state index in [0.29, 0.717) is 0 Å². The Kier molecular flexibility index (Phi) is 1.99. The molecule has 0 N–H and O–H groups in total. The molecule has 0 radical (unpaired) electrons. The Labute approximate surface area is 73.9 Å². The zero-order chi connectivity index (χ0) is 8.39. The first-order valence-electron chi connectivity index (χ1n) is 4.57. The van der Waals surface area contributed by atoms with Crippen molar-refractivity contribution in [1.82, 2.24) is 0 Å². The predicted octanol–water partition coefficient (Wildman–Crippen LogP) is 3.51. The SMILES string of the molecule is CC1=CCC(c2ccccc2)C1. The highest BCUT2D eigenvalue weighted by Crippen LogP contribution is 2.32. The van der Waals surface area contributed by atoms with Gasteiger partial charge in [0.05, 0.1) is 0 Å². The molecule has 0 saturated heterocycles. The molecule has 1 aliphatic rings. The van der Waals surface area contributed by atoms with Crippen LogP contribution >= 0.6 is 0 Å². The van der Waals surface area contributed by atoms with Gasteiger partial charge in [-0.15, -0.1) is 0 Å². The molecule has 0 bridgehead atoms. The van der Waals surface area contributed by atoms with E-state index in [1.54, 1.807) is 5.57 Å². The van der Waals surface area contributed by atoms with Gasteiger partial charge >= 0.3 is 0 Å². The Morgan fingerprint density at radius 3 is 2.50 bits per heavy atom. The Hall–Kier alpha value is -1.04. The van der Waals surface area contributed by atoms with E-state index < -0.39 is 0 Å². The zero-order valence-corrected chi connectivity index (χ0v) is 7.46. The van der Waals surface area contributed by atoms with Gasteiger partial charge in [0.2, 0.25) is 0 Å². The fraction of sp³-hybridized carbons (Fsp3) is 0.333. The van der Waals surface area contributed by atoms with Crippen molar-refractivity contribution in [3.05, 3.63) is 47.5 Å². The maximum atomic E-state index is 2.36. The molecule has 0 aliphatic heterocycles. The summed E-state index contributed by atoms with van der Waals surface area (Å²) in [6.45, 7) is 2.23. The summed E-state index contributed by atoms with van der Waals surface area (Å²) in [5, 5.41) is 0. The lowest BCUT2D eigenvalue weighted by atomic mass is 9.96. The minimum atomic E-state index is 0.756. The summed E-state index contributed by atoms with van der Waals surface area (Å²) in [4.78, 5) is 0. The molecule has 62 valence electrons. The molecule has 12 heavy (non-hydrogen) atoms. The van der Waals surface area contributed by atoms with Crippen LogP contribution in [0.25, 0.3) is 0 Å². The lowest BCUT2D eigenvalue weighted by Crippen LogP contribution is -1.91. The molecule has 1 unspecified atom stereocenters. The second kappa shape index (κ2) is 3.14. The van der Waals surface area contributed by atoms with Gasteiger partial charge in [-0.25, -0.2) is 0 Å². The summed E-state index contributed by atoms with van der Waals surface area (Å²) in [6, 6.07) is 10.8. The molecule has 0 aromatic heterocycles. The maximum absolute atomic E-state index is 2.36. The third kappa shape index (κ3) is 1.42. The van der Waals surface area contributed by atoms with Gasteiger partial charge in [0.15, 0.2) is 0 Å². The van der Waals surface area contributed by atoms with Crippen LogP contribution in [0.15, 0.2) is 42.0 Å². The highest BCUT2D eigenvalue weighted by molar-refractivity contribution is 5.25. The van der Waals surface area contributed by atoms with Gasteiger partial charge in [0.1, 0.15) is 0 Å². The average molecular weight is 158 g/mol. The first-order valence-corrected chi connectivity index (χ1v) is 4.57. The predicted molar refractivity (Wildman–Crippen MR) is 52.2 cm³/mol. The molecule has 1 atom stereocenters. The summed E-state index contributed by atoms with van der Waals surface area (Å²) in [5.41, 5.74) is 3.04. The van der Waals surface area contributed by atoms with E-state index in [1.807, 2.05) is 0 Å². The van der Waals surface area contributed by atoms with Crippen LogP contribution < -0.4 is 0 Å². The summed E-state index contributed by atoms with van der Waals surface area (Å²) in [7, 11) is 0. The molecule has 0 heteroatoms. The number of allylic oxidation sites excluding steroid dienone is 2. The van der Waals surface area contributed by atoms with Crippen molar-refractivity contribution in [2.45, 2.75) is 25.7 Å². The summed E-state index contributed by atoms with van der Waals surface area (Å²) < 4.78 is 0. The van der Waals surface area contributed by atoms with E-state index >= 15 is 0 Å². The van der Waals surface area contributed by atoms with Crippen LogP contribution in [-0.2, 0) is 0 Å². The number of benzene rings is 1. The van der Waals surface area contributed by atoms with E-state index in [9.17, 15) is 0 Å². The zero-order valence-electron chi connectivity index (χ0n) is 7.46. The summed E-state index contributed by atoms with van der Waals surface area (Å²) in [6.07, 6.45) is 4.84. The van der Waals surface area contributed by atoms with Crippen molar-refractivity contribution < 1.29 is 0 Å². The van der Waals surface area contributed by atoms with Crippen molar-refractivity contribution >= 4 is 0 Å². The molecular weight excluding hydrogens is 144 g/mol. The number of rotatable bonds is 1. The molecule has 2 rings (SSSR count). The fourth-order valence-electron chi connectivity index (χ4n) is 1.88. The van der Waals surface area contributed by atoms with Gasteiger partial charge in [-0.05, 0) is 31.2 Å². The van der Waals surface area contributed by atoms with E-state index in [-0.39, 0.29) is 0 Å². The van der Waals surface area contributed by atoms with Crippen LogP contribution in [0.2, 0.25) is 0 Å². The van der Waals surface area contributed by atoms with Gasteiger partial charge in [0.25, 0.3) is 0 Å². The van der Waals surface area contributed by atoms with Crippen LogP contribution in [0, 0.1) is 0 Å². The van der Waals surface area contributed by atoms with Crippen molar-refractivity contribution in [3.8, 4) is 0 Å². The van der Waals surface area contributed by atoms with E-state index in [4.69, 9.17) is 0 Å². The summed E-state index contributed by atoms with van der Waals surface area (Å²) in [5.74, 6) is 0.756. The Bertz CT molecular complexity index is 282. The molecule has 0 heterocycles. The third-order valence-electron chi connectivity index (χ3n) is 2.59. The highest BCUT2D eigenvalue weighted by atomic mass is 14.2. The third-order valence-corrected chi connectivity index (χ3v) is 2.59. The molecule has 0 spiro atoms. The second-order valence-corrected chi connectivity index (χ2v) is 3.60. The first-order chi connectivity index (χ1) is 5.86. The standard InChI is InChI=1S/C12H14/c1-10-7-8-12(9-10)11-5-3-2-4-6-11/h2-7,12H,8-9H2,1H3. The van der Waals surface area contributed by atoms with Crippen LogP contribution in [0.1, 0.15) is 31.2 Å². The smallest absolute Gasteiger partial charge is 0.00902 e. The lowest BCUT2D eigenvalue weighted by molar-refractivity contribution is 0.741. The van der Waals surface area contributed by atoms with Gasteiger partial charge in [-0.3, -0.25) is 0 Å².